The van der Waals surface area contributed by atoms with Crippen molar-refractivity contribution in [1.82, 2.24) is 0 Å². The van der Waals surface area contributed by atoms with Crippen molar-refractivity contribution in [3.8, 4) is 11.5 Å². The van der Waals surface area contributed by atoms with E-state index in [9.17, 15) is 13.2 Å². The number of anilines is 1. The van der Waals surface area contributed by atoms with Gasteiger partial charge in [-0.1, -0.05) is 6.07 Å². The van der Waals surface area contributed by atoms with E-state index in [0.29, 0.717) is 5.75 Å². The Morgan fingerprint density at radius 2 is 1.88 bits per heavy atom. The zero-order valence-corrected chi connectivity index (χ0v) is 8.67. The van der Waals surface area contributed by atoms with Gasteiger partial charge < -0.3 is 15.2 Å². The van der Waals surface area contributed by atoms with E-state index in [0.717, 1.165) is 0 Å². The van der Waals surface area contributed by atoms with Gasteiger partial charge in [0.2, 0.25) is 0 Å². The Balaban J connectivity index is 2.61. The van der Waals surface area contributed by atoms with Gasteiger partial charge in [0.1, 0.15) is 17.2 Å². The lowest BCUT2D eigenvalue weighted by Gasteiger charge is -2.12. The fourth-order valence-corrected chi connectivity index (χ4v) is 1.10. The molecule has 16 heavy (non-hydrogen) atoms. The Morgan fingerprint density at radius 1 is 1.25 bits per heavy atom. The van der Waals surface area contributed by atoms with Gasteiger partial charge in [0.25, 0.3) is 0 Å². The number of hydrogen-bond acceptors (Lipinski definition) is 3. The monoisotopic (exact) mass is 235 g/mol. The summed E-state index contributed by atoms with van der Waals surface area (Å²) in [5.41, 5.74) is 5.81. The second-order valence-electron chi connectivity index (χ2n) is 3.09. The van der Waals surface area contributed by atoms with Crippen LogP contribution < -0.4 is 15.2 Å². The van der Waals surface area contributed by atoms with Crippen LogP contribution in [0.1, 0.15) is 6.42 Å². The molecular formula is C10H12F3NO2. The number of para-hydroxylation sites is 1. The normalized spacial score (nSPS) is 11.2. The van der Waals surface area contributed by atoms with E-state index in [1.807, 2.05) is 0 Å². The van der Waals surface area contributed by atoms with Crippen LogP contribution in [0.25, 0.3) is 0 Å². The molecule has 0 saturated heterocycles. The molecule has 0 atom stereocenters. The summed E-state index contributed by atoms with van der Waals surface area (Å²) < 4.78 is 45.4. The number of nitrogens with two attached hydrogens (primary N) is 1. The van der Waals surface area contributed by atoms with Crippen LogP contribution in [0, 0.1) is 0 Å². The van der Waals surface area contributed by atoms with Crippen molar-refractivity contribution in [3.05, 3.63) is 18.2 Å². The highest BCUT2D eigenvalue weighted by molar-refractivity contribution is 5.62. The number of methoxy groups -OCH3 is 1. The maximum Gasteiger partial charge on any atom is 0.392 e. The summed E-state index contributed by atoms with van der Waals surface area (Å²) in [7, 11) is 1.42. The summed E-state index contributed by atoms with van der Waals surface area (Å²) in [6.07, 6.45) is -5.24. The molecule has 0 aromatic heterocycles. The molecule has 90 valence electrons. The summed E-state index contributed by atoms with van der Waals surface area (Å²) in [5, 5.41) is 0. The third-order valence-corrected chi connectivity index (χ3v) is 1.89. The van der Waals surface area contributed by atoms with E-state index in [1.54, 1.807) is 12.1 Å². The van der Waals surface area contributed by atoms with Crippen molar-refractivity contribution in [1.29, 1.82) is 0 Å². The largest absolute Gasteiger partial charge is 0.494 e. The lowest BCUT2D eigenvalue weighted by atomic mass is 10.3. The summed E-state index contributed by atoms with van der Waals surface area (Å²) in [4.78, 5) is 0. The van der Waals surface area contributed by atoms with E-state index in [2.05, 4.69) is 0 Å². The fraction of sp³-hybridized carbons (Fsp3) is 0.400. The minimum atomic E-state index is -4.23. The van der Waals surface area contributed by atoms with E-state index in [-0.39, 0.29) is 11.4 Å². The number of nitrogen functional groups attached to an aromatic ring is 1. The molecule has 1 aromatic carbocycles. The first-order valence-corrected chi connectivity index (χ1v) is 4.56. The molecule has 0 spiro atoms. The van der Waals surface area contributed by atoms with Crippen molar-refractivity contribution >= 4 is 5.69 Å². The molecule has 0 radical (unpaired) electrons. The van der Waals surface area contributed by atoms with Crippen molar-refractivity contribution in [2.45, 2.75) is 12.6 Å². The average Bonchev–Trinajstić information content (AvgIpc) is 2.19. The van der Waals surface area contributed by atoms with Crippen molar-refractivity contribution in [3.63, 3.8) is 0 Å². The molecule has 0 unspecified atom stereocenters. The first kappa shape index (κ1) is 12.5. The lowest BCUT2D eigenvalue weighted by molar-refractivity contribution is -0.139. The first-order valence-electron chi connectivity index (χ1n) is 4.56. The maximum atomic E-state index is 11.9. The molecule has 0 aliphatic rings. The molecule has 1 rings (SSSR count). The van der Waals surface area contributed by atoms with Gasteiger partial charge in [-0.05, 0) is 12.1 Å². The number of benzene rings is 1. The van der Waals surface area contributed by atoms with Crippen molar-refractivity contribution in [2.24, 2.45) is 0 Å². The van der Waals surface area contributed by atoms with Gasteiger partial charge in [-0.2, -0.15) is 13.2 Å². The van der Waals surface area contributed by atoms with Crippen LogP contribution in [0.4, 0.5) is 18.9 Å². The quantitative estimate of drug-likeness (QED) is 0.816. The summed E-state index contributed by atoms with van der Waals surface area (Å²) in [5.74, 6) is 0.577. The minimum absolute atomic E-state index is 0.198. The molecule has 0 saturated carbocycles. The first-order chi connectivity index (χ1) is 7.44. The summed E-state index contributed by atoms with van der Waals surface area (Å²) in [6, 6.07) is 4.69. The third-order valence-electron chi connectivity index (χ3n) is 1.89. The highest BCUT2D eigenvalue weighted by Gasteiger charge is 2.27. The van der Waals surface area contributed by atoms with Crippen molar-refractivity contribution < 1.29 is 22.6 Å². The molecule has 0 fully saturated rings. The van der Waals surface area contributed by atoms with Gasteiger partial charge in [0.15, 0.2) is 0 Å². The lowest BCUT2D eigenvalue weighted by Crippen LogP contribution is -2.13. The Hall–Kier alpha value is -1.59. The smallest absolute Gasteiger partial charge is 0.392 e. The molecule has 6 heteroatoms. The Morgan fingerprint density at radius 3 is 2.44 bits per heavy atom. The number of halogens is 3. The van der Waals surface area contributed by atoms with Gasteiger partial charge >= 0.3 is 6.18 Å². The second kappa shape index (κ2) is 4.96. The zero-order valence-electron chi connectivity index (χ0n) is 8.67. The molecule has 0 bridgehead atoms. The van der Waals surface area contributed by atoms with Crippen LogP contribution in [-0.4, -0.2) is 19.9 Å². The van der Waals surface area contributed by atoms with Crippen LogP contribution in [0.5, 0.6) is 11.5 Å². The summed E-state index contributed by atoms with van der Waals surface area (Å²) >= 11 is 0. The molecule has 0 heterocycles. The van der Waals surface area contributed by atoms with Crippen LogP contribution in [0.2, 0.25) is 0 Å². The Kier molecular flexibility index (Phi) is 3.87. The number of alkyl halides is 3. The zero-order chi connectivity index (χ0) is 12.2. The topological polar surface area (TPSA) is 44.5 Å². The molecule has 0 aliphatic heterocycles. The molecule has 0 aliphatic carbocycles. The number of rotatable bonds is 4. The summed E-state index contributed by atoms with van der Waals surface area (Å²) in [6.45, 7) is -0.457. The van der Waals surface area contributed by atoms with Crippen molar-refractivity contribution in [2.75, 3.05) is 19.5 Å². The Labute approximate surface area is 91.0 Å². The van der Waals surface area contributed by atoms with Gasteiger partial charge in [-0.3, -0.25) is 0 Å². The van der Waals surface area contributed by atoms with E-state index in [1.165, 1.54) is 13.2 Å². The molecule has 1 aromatic rings. The highest BCUT2D eigenvalue weighted by Crippen LogP contribution is 2.31. The molecule has 2 N–H and O–H groups in total. The van der Waals surface area contributed by atoms with Gasteiger partial charge in [0.05, 0.1) is 20.1 Å². The molecule has 3 nitrogen and oxygen atoms in total. The highest BCUT2D eigenvalue weighted by atomic mass is 19.4. The fourth-order valence-electron chi connectivity index (χ4n) is 1.10. The van der Waals surface area contributed by atoms with Gasteiger partial charge in [-0.25, -0.2) is 0 Å². The number of ether oxygens (including phenoxy) is 2. The third kappa shape index (κ3) is 3.52. The van der Waals surface area contributed by atoms with E-state index >= 15 is 0 Å². The van der Waals surface area contributed by atoms with Gasteiger partial charge in [-0.15, -0.1) is 0 Å². The SMILES string of the molecule is COc1cccc(OCCC(F)(F)F)c1N. The van der Waals surface area contributed by atoms with Crippen LogP contribution >= 0.6 is 0 Å². The maximum absolute atomic E-state index is 11.9. The van der Waals surface area contributed by atoms with Crippen LogP contribution in [0.15, 0.2) is 18.2 Å². The minimum Gasteiger partial charge on any atom is -0.494 e. The standard InChI is InChI=1S/C10H12F3NO2/c1-15-7-3-2-4-8(9(7)14)16-6-5-10(11,12)13/h2-4H,5-6,14H2,1H3. The Bertz CT molecular complexity index is 352. The van der Waals surface area contributed by atoms with Crippen LogP contribution in [0.3, 0.4) is 0 Å². The second-order valence-corrected chi connectivity index (χ2v) is 3.09. The van der Waals surface area contributed by atoms with E-state index in [4.69, 9.17) is 15.2 Å². The molecular weight excluding hydrogens is 223 g/mol. The van der Waals surface area contributed by atoms with E-state index < -0.39 is 19.2 Å². The predicted octanol–water partition coefficient (Wildman–Crippen LogP) is 2.61. The van der Waals surface area contributed by atoms with Gasteiger partial charge in [0, 0.05) is 0 Å². The predicted molar refractivity (Wildman–Crippen MR) is 53.6 cm³/mol. The number of hydrogen-bond donors (Lipinski definition) is 1. The van der Waals surface area contributed by atoms with Crippen LogP contribution in [-0.2, 0) is 0 Å². The average molecular weight is 235 g/mol. The molecule has 0 amide bonds.